The second kappa shape index (κ2) is 5.77. The number of aryl methyl sites for hydroxylation is 1. The van der Waals surface area contributed by atoms with E-state index in [0.29, 0.717) is 17.5 Å². The monoisotopic (exact) mass is 304 g/mol. The zero-order chi connectivity index (χ0) is 14.8. The molecule has 2 aromatic rings. The van der Waals surface area contributed by atoms with Crippen LogP contribution in [0, 0.1) is 6.92 Å². The quantitative estimate of drug-likeness (QED) is 0.651. The number of thioether (sulfide) groups is 1. The molecule has 7 heteroatoms. The molecule has 1 aliphatic rings. The van der Waals surface area contributed by atoms with Crippen LogP contribution in [0.3, 0.4) is 0 Å². The fourth-order valence-corrected chi connectivity index (χ4v) is 2.71. The van der Waals surface area contributed by atoms with Crippen molar-refractivity contribution in [1.29, 1.82) is 0 Å². The van der Waals surface area contributed by atoms with Crippen LogP contribution < -0.4 is 11.1 Å². The highest BCUT2D eigenvalue weighted by molar-refractivity contribution is 8.00. The molecular formula is C14H16N4O2S. The molecule has 0 saturated heterocycles. The lowest BCUT2D eigenvalue weighted by Gasteiger charge is -2.06. The van der Waals surface area contributed by atoms with Crippen LogP contribution >= 0.6 is 11.8 Å². The molecule has 1 fully saturated rings. The number of benzene rings is 1. The molecule has 3 rings (SSSR count). The summed E-state index contributed by atoms with van der Waals surface area (Å²) in [6, 6.07) is 5.91. The average Bonchev–Trinajstić information content (AvgIpc) is 3.21. The lowest BCUT2D eigenvalue weighted by atomic mass is 10.2. The first-order valence-electron chi connectivity index (χ1n) is 6.74. The molecule has 0 aliphatic heterocycles. The third kappa shape index (κ3) is 3.55. The molecular weight excluding hydrogens is 288 g/mol. The van der Waals surface area contributed by atoms with E-state index in [0.717, 1.165) is 23.3 Å². The van der Waals surface area contributed by atoms with Crippen molar-refractivity contribution >= 4 is 29.4 Å². The predicted octanol–water partition coefficient (Wildman–Crippen LogP) is 2.57. The lowest BCUT2D eigenvalue weighted by molar-refractivity contribution is -0.113. The Kier molecular flexibility index (Phi) is 3.83. The number of carbonyl (C=O) groups excluding carboxylic acids is 1. The van der Waals surface area contributed by atoms with E-state index < -0.39 is 0 Å². The van der Waals surface area contributed by atoms with Gasteiger partial charge in [-0.15, -0.1) is 16.9 Å². The maximum atomic E-state index is 11.9. The van der Waals surface area contributed by atoms with Gasteiger partial charge in [0.15, 0.2) is 0 Å². The Hall–Kier alpha value is -2.02. The summed E-state index contributed by atoms with van der Waals surface area (Å²) >= 11 is 1.39. The number of aromatic nitrogens is 2. The molecule has 110 valence electrons. The van der Waals surface area contributed by atoms with E-state index >= 15 is 0 Å². The number of carbonyl (C=O) groups is 1. The first kappa shape index (κ1) is 13.9. The molecule has 1 aliphatic carbocycles. The summed E-state index contributed by atoms with van der Waals surface area (Å²) in [7, 11) is 0. The molecule has 0 bridgehead atoms. The molecule has 1 aromatic carbocycles. The third-order valence-electron chi connectivity index (χ3n) is 3.14. The van der Waals surface area contributed by atoms with Crippen molar-refractivity contribution in [3.63, 3.8) is 0 Å². The van der Waals surface area contributed by atoms with Crippen LogP contribution in [-0.2, 0) is 4.79 Å². The maximum Gasteiger partial charge on any atom is 0.322 e. The molecule has 1 heterocycles. The predicted molar refractivity (Wildman–Crippen MR) is 81.2 cm³/mol. The van der Waals surface area contributed by atoms with Crippen molar-refractivity contribution in [3.05, 3.63) is 29.7 Å². The second-order valence-corrected chi connectivity index (χ2v) is 6.12. The van der Waals surface area contributed by atoms with Gasteiger partial charge < -0.3 is 10.2 Å². The van der Waals surface area contributed by atoms with Gasteiger partial charge in [-0.25, -0.2) is 0 Å². The topological polar surface area (TPSA) is 94.0 Å². The second-order valence-electron chi connectivity index (χ2n) is 5.10. The minimum Gasteiger partial charge on any atom is -0.408 e. The van der Waals surface area contributed by atoms with E-state index in [9.17, 15) is 4.79 Å². The van der Waals surface area contributed by atoms with Gasteiger partial charge in [-0.3, -0.25) is 10.1 Å². The van der Waals surface area contributed by atoms with E-state index in [1.165, 1.54) is 11.8 Å². The number of nitrogens with one attached hydrogen (secondary N) is 1. The fourth-order valence-electron chi connectivity index (χ4n) is 1.85. The third-order valence-corrected chi connectivity index (χ3v) is 4.21. The van der Waals surface area contributed by atoms with Crippen molar-refractivity contribution in [1.82, 2.24) is 10.2 Å². The smallest absolute Gasteiger partial charge is 0.322 e. The highest BCUT2D eigenvalue weighted by atomic mass is 32.2. The molecule has 0 radical (unpaired) electrons. The van der Waals surface area contributed by atoms with Crippen LogP contribution in [0.5, 0.6) is 0 Å². The van der Waals surface area contributed by atoms with Gasteiger partial charge in [0, 0.05) is 16.5 Å². The summed E-state index contributed by atoms with van der Waals surface area (Å²) < 4.78 is 5.38. The lowest BCUT2D eigenvalue weighted by Crippen LogP contribution is -2.14. The van der Waals surface area contributed by atoms with Crippen LogP contribution in [0.15, 0.2) is 27.5 Å². The molecule has 21 heavy (non-hydrogen) atoms. The largest absolute Gasteiger partial charge is 0.408 e. The Morgan fingerprint density at radius 1 is 1.48 bits per heavy atom. The first-order chi connectivity index (χ1) is 10.1. The van der Waals surface area contributed by atoms with E-state index in [2.05, 4.69) is 15.5 Å². The van der Waals surface area contributed by atoms with E-state index in [4.69, 9.17) is 10.2 Å². The number of hydrogen-bond acceptors (Lipinski definition) is 6. The zero-order valence-corrected chi connectivity index (χ0v) is 12.4. The highest BCUT2D eigenvalue weighted by Crippen LogP contribution is 2.39. The van der Waals surface area contributed by atoms with Crippen molar-refractivity contribution < 1.29 is 9.21 Å². The normalized spacial score (nSPS) is 14.1. The summed E-state index contributed by atoms with van der Waals surface area (Å²) in [6.45, 7) is 1.99. The molecule has 1 saturated carbocycles. The molecule has 0 spiro atoms. The van der Waals surface area contributed by atoms with Crippen molar-refractivity contribution in [2.24, 2.45) is 0 Å². The van der Waals surface area contributed by atoms with Gasteiger partial charge in [0.05, 0.1) is 5.75 Å². The number of amides is 1. The Morgan fingerprint density at radius 3 is 3.05 bits per heavy atom. The molecule has 6 nitrogen and oxygen atoms in total. The Bertz CT molecular complexity index is 667. The maximum absolute atomic E-state index is 11.9. The highest BCUT2D eigenvalue weighted by Gasteiger charge is 2.29. The van der Waals surface area contributed by atoms with Crippen molar-refractivity contribution in [2.45, 2.75) is 30.6 Å². The average molecular weight is 304 g/mol. The van der Waals surface area contributed by atoms with Crippen LogP contribution in [0.25, 0.3) is 0 Å². The minimum absolute atomic E-state index is 0.166. The summed E-state index contributed by atoms with van der Waals surface area (Å²) in [5.41, 5.74) is 7.66. The van der Waals surface area contributed by atoms with E-state index in [1.54, 1.807) is 0 Å². The van der Waals surface area contributed by atoms with Gasteiger partial charge in [0.25, 0.3) is 0 Å². The summed E-state index contributed by atoms with van der Waals surface area (Å²) in [5.74, 6) is 1.05. The Labute approximate surface area is 126 Å². The van der Waals surface area contributed by atoms with Crippen molar-refractivity contribution in [2.75, 3.05) is 16.8 Å². The molecule has 1 aromatic heterocycles. The summed E-state index contributed by atoms with van der Waals surface area (Å²) in [6.07, 6.45) is 2.16. The SMILES string of the molecule is Cc1ccc(N)c(SCC(=O)Nc2nnc(C3CC3)o2)c1. The minimum atomic E-state index is -0.188. The van der Waals surface area contributed by atoms with Crippen molar-refractivity contribution in [3.8, 4) is 0 Å². The molecule has 3 N–H and O–H groups in total. The molecule has 0 atom stereocenters. The summed E-state index contributed by atoms with van der Waals surface area (Å²) in [5, 5.41) is 10.3. The van der Waals surface area contributed by atoms with Crippen LogP contribution in [0.2, 0.25) is 0 Å². The number of nitrogens with zero attached hydrogens (tertiary/aromatic N) is 2. The number of rotatable bonds is 5. The van der Waals surface area contributed by atoms with Gasteiger partial charge in [0.1, 0.15) is 0 Å². The van der Waals surface area contributed by atoms with E-state index in [1.807, 2.05) is 25.1 Å². The van der Waals surface area contributed by atoms with E-state index in [-0.39, 0.29) is 17.7 Å². The number of nitrogens with two attached hydrogens (primary N) is 1. The molecule has 1 amide bonds. The zero-order valence-electron chi connectivity index (χ0n) is 11.6. The number of hydrogen-bond donors (Lipinski definition) is 2. The standard InChI is InChI=1S/C14H16N4O2S/c1-8-2-5-10(15)11(6-8)21-7-12(19)16-14-18-17-13(20-14)9-3-4-9/h2,5-6,9H,3-4,7,15H2,1H3,(H,16,18,19). The van der Waals surface area contributed by atoms with Crippen LogP contribution in [0.4, 0.5) is 11.7 Å². The van der Waals surface area contributed by atoms with Gasteiger partial charge in [-0.2, -0.15) is 0 Å². The Balaban J connectivity index is 1.54. The first-order valence-corrected chi connectivity index (χ1v) is 7.72. The van der Waals surface area contributed by atoms with Gasteiger partial charge in [0.2, 0.25) is 11.8 Å². The van der Waals surface area contributed by atoms with Crippen LogP contribution in [0.1, 0.15) is 30.2 Å². The summed E-state index contributed by atoms with van der Waals surface area (Å²) in [4.78, 5) is 12.8. The number of nitrogen functional groups attached to an aromatic ring is 1. The van der Waals surface area contributed by atoms with Gasteiger partial charge in [-0.1, -0.05) is 11.2 Å². The van der Waals surface area contributed by atoms with Crippen LogP contribution in [-0.4, -0.2) is 21.9 Å². The van der Waals surface area contributed by atoms with Gasteiger partial charge in [-0.05, 0) is 37.5 Å². The van der Waals surface area contributed by atoms with Gasteiger partial charge >= 0.3 is 6.01 Å². The number of anilines is 2. The molecule has 0 unspecified atom stereocenters. The fraction of sp³-hybridized carbons (Fsp3) is 0.357. The Morgan fingerprint density at radius 2 is 2.29 bits per heavy atom.